The van der Waals surface area contributed by atoms with Crippen LogP contribution in [0.2, 0.25) is 0 Å². The molecule has 0 radical (unpaired) electrons. The van der Waals surface area contributed by atoms with Crippen LogP contribution < -0.4 is 10.1 Å². The van der Waals surface area contributed by atoms with E-state index in [1.807, 2.05) is 48.5 Å². The van der Waals surface area contributed by atoms with Crippen LogP contribution in [0, 0.1) is 11.3 Å². The van der Waals surface area contributed by atoms with Gasteiger partial charge in [-0.15, -0.1) is 0 Å². The number of ether oxygens (including phenoxy) is 2. The molecule has 0 aliphatic carbocycles. The van der Waals surface area contributed by atoms with Crippen LogP contribution in [-0.4, -0.2) is 19.2 Å². The summed E-state index contributed by atoms with van der Waals surface area (Å²) >= 11 is 0. The monoisotopic (exact) mass is 349 g/mol. The molecule has 0 saturated heterocycles. The molecule has 0 aliphatic rings. The smallest absolute Gasteiger partial charge is 0.232 e. The third-order valence-electron chi connectivity index (χ3n) is 3.83. The van der Waals surface area contributed by atoms with E-state index in [4.69, 9.17) is 13.9 Å². The molecule has 0 bridgehead atoms. The van der Waals surface area contributed by atoms with Crippen molar-refractivity contribution in [3.8, 4) is 23.3 Å². The van der Waals surface area contributed by atoms with Gasteiger partial charge in [-0.05, 0) is 35.4 Å². The summed E-state index contributed by atoms with van der Waals surface area (Å²) in [5.74, 6) is 1.49. The Labute approximate surface area is 152 Å². The Kier molecular flexibility index (Phi) is 5.52. The van der Waals surface area contributed by atoms with Gasteiger partial charge in [0.1, 0.15) is 11.8 Å². The molecule has 0 saturated carbocycles. The first kappa shape index (κ1) is 17.5. The zero-order valence-electron chi connectivity index (χ0n) is 14.7. The molecule has 132 valence electrons. The summed E-state index contributed by atoms with van der Waals surface area (Å²) in [4.78, 5) is 4.26. The zero-order chi connectivity index (χ0) is 18.4. The molecule has 0 aliphatic heterocycles. The highest BCUT2D eigenvalue weighted by Gasteiger charge is 2.14. The standard InChI is InChI=1S/C20H19N3O3/c1-24-13-15-5-3-4-14(10-15)12-22-20-18(11-21)23-19(26-20)16-6-8-17(25-2)9-7-16/h3-10,22H,12-13H2,1-2H3. The van der Waals surface area contributed by atoms with E-state index in [0.29, 0.717) is 24.9 Å². The molecule has 1 aromatic heterocycles. The van der Waals surface area contributed by atoms with Crippen molar-refractivity contribution >= 4 is 5.88 Å². The number of nitrogens with one attached hydrogen (secondary N) is 1. The summed E-state index contributed by atoms with van der Waals surface area (Å²) in [6.07, 6.45) is 0. The normalized spacial score (nSPS) is 10.3. The van der Waals surface area contributed by atoms with E-state index < -0.39 is 0 Å². The quantitative estimate of drug-likeness (QED) is 0.695. The van der Waals surface area contributed by atoms with Gasteiger partial charge in [0.15, 0.2) is 0 Å². The van der Waals surface area contributed by atoms with Crippen molar-refractivity contribution in [1.29, 1.82) is 5.26 Å². The maximum Gasteiger partial charge on any atom is 0.232 e. The minimum atomic E-state index is 0.226. The topological polar surface area (TPSA) is 80.3 Å². The second-order valence-electron chi connectivity index (χ2n) is 5.64. The lowest BCUT2D eigenvalue weighted by Gasteiger charge is -2.06. The fourth-order valence-electron chi connectivity index (χ4n) is 2.55. The summed E-state index contributed by atoms with van der Waals surface area (Å²) in [6.45, 7) is 1.07. The van der Waals surface area contributed by atoms with E-state index in [-0.39, 0.29) is 5.69 Å². The molecule has 0 atom stereocenters. The highest BCUT2D eigenvalue weighted by molar-refractivity contribution is 5.59. The zero-order valence-corrected chi connectivity index (χ0v) is 14.7. The number of rotatable bonds is 7. The molecule has 1 heterocycles. The number of nitrogens with zero attached hydrogens (tertiary/aromatic N) is 2. The van der Waals surface area contributed by atoms with Crippen LogP contribution in [0.4, 0.5) is 5.88 Å². The van der Waals surface area contributed by atoms with Crippen molar-refractivity contribution < 1.29 is 13.9 Å². The van der Waals surface area contributed by atoms with Crippen molar-refractivity contribution in [2.24, 2.45) is 0 Å². The van der Waals surface area contributed by atoms with E-state index in [9.17, 15) is 5.26 Å². The van der Waals surface area contributed by atoms with E-state index in [2.05, 4.69) is 16.4 Å². The predicted octanol–water partition coefficient (Wildman–Crippen LogP) is 3.98. The minimum Gasteiger partial charge on any atom is -0.497 e. The average molecular weight is 349 g/mol. The number of hydrogen-bond donors (Lipinski definition) is 1. The maximum atomic E-state index is 9.32. The molecule has 0 unspecified atom stereocenters. The SMILES string of the molecule is COCc1cccc(CNc2oc(-c3ccc(OC)cc3)nc2C#N)c1. The molecule has 0 spiro atoms. The predicted molar refractivity (Wildman–Crippen MR) is 97.7 cm³/mol. The second kappa shape index (κ2) is 8.19. The van der Waals surface area contributed by atoms with Gasteiger partial charge in [0, 0.05) is 19.2 Å². The van der Waals surface area contributed by atoms with Crippen LogP contribution in [0.25, 0.3) is 11.5 Å². The first-order chi connectivity index (χ1) is 12.7. The minimum absolute atomic E-state index is 0.226. The molecule has 1 N–H and O–H groups in total. The molecule has 6 heteroatoms. The molecular formula is C20H19N3O3. The van der Waals surface area contributed by atoms with E-state index >= 15 is 0 Å². The van der Waals surface area contributed by atoms with E-state index in [1.165, 1.54) is 0 Å². The van der Waals surface area contributed by atoms with Crippen molar-refractivity contribution in [3.05, 3.63) is 65.4 Å². The number of oxazole rings is 1. The lowest BCUT2D eigenvalue weighted by Crippen LogP contribution is -2.00. The van der Waals surface area contributed by atoms with Gasteiger partial charge in [-0.25, -0.2) is 0 Å². The van der Waals surface area contributed by atoms with Crippen LogP contribution in [0.1, 0.15) is 16.8 Å². The number of methoxy groups -OCH3 is 2. The van der Waals surface area contributed by atoms with Crippen molar-refractivity contribution in [2.75, 3.05) is 19.5 Å². The Morgan fingerprint density at radius 3 is 2.58 bits per heavy atom. The van der Waals surface area contributed by atoms with Gasteiger partial charge in [-0.1, -0.05) is 24.3 Å². The van der Waals surface area contributed by atoms with Crippen LogP contribution in [-0.2, 0) is 17.9 Å². The van der Waals surface area contributed by atoms with Gasteiger partial charge in [-0.2, -0.15) is 10.2 Å². The lowest BCUT2D eigenvalue weighted by molar-refractivity contribution is 0.185. The summed E-state index contributed by atoms with van der Waals surface area (Å²) in [5.41, 5.74) is 3.15. The molecule has 0 fully saturated rings. The Morgan fingerprint density at radius 1 is 1.12 bits per heavy atom. The fourth-order valence-corrected chi connectivity index (χ4v) is 2.55. The number of hydrogen-bond acceptors (Lipinski definition) is 6. The molecule has 0 amide bonds. The first-order valence-corrected chi connectivity index (χ1v) is 8.09. The molecule has 6 nitrogen and oxygen atoms in total. The molecule has 3 aromatic rings. The van der Waals surface area contributed by atoms with Gasteiger partial charge in [0.05, 0.1) is 13.7 Å². The first-order valence-electron chi connectivity index (χ1n) is 8.09. The molecule has 3 rings (SSSR count). The van der Waals surface area contributed by atoms with Crippen LogP contribution in [0.5, 0.6) is 5.75 Å². The summed E-state index contributed by atoms with van der Waals surface area (Å²) in [5, 5.41) is 12.5. The van der Waals surface area contributed by atoms with Crippen molar-refractivity contribution in [3.63, 3.8) is 0 Å². The Balaban J connectivity index is 1.76. The largest absolute Gasteiger partial charge is 0.497 e. The summed E-state index contributed by atoms with van der Waals surface area (Å²) in [6, 6.07) is 17.4. The third-order valence-corrected chi connectivity index (χ3v) is 3.83. The van der Waals surface area contributed by atoms with Crippen LogP contribution in [0.15, 0.2) is 52.9 Å². The molecular weight excluding hydrogens is 330 g/mol. The lowest BCUT2D eigenvalue weighted by atomic mass is 10.1. The summed E-state index contributed by atoms with van der Waals surface area (Å²) in [7, 11) is 3.27. The number of benzene rings is 2. The molecule has 2 aromatic carbocycles. The highest BCUT2D eigenvalue weighted by Crippen LogP contribution is 2.27. The number of nitriles is 1. The fraction of sp³-hybridized carbons (Fsp3) is 0.200. The van der Waals surface area contributed by atoms with Gasteiger partial charge in [0.25, 0.3) is 0 Å². The Hall–Kier alpha value is -3.30. The maximum absolute atomic E-state index is 9.32. The van der Waals surface area contributed by atoms with Gasteiger partial charge in [0.2, 0.25) is 17.5 Å². The van der Waals surface area contributed by atoms with Crippen molar-refractivity contribution in [2.45, 2.75) is 13.2 Å². The van der Waals surface area contributed by atoms with E-state index in [1.54, 1.807) is 14.2 Å². The number of anilines is 1. The third kappa shape index (κ3) is 4.02. The Bertz CT molecular complexity index is 911. The Morgan fingerprint density at radius 2 is 1.88 bits per heavy atom. The highest BCUT2D eigenvalue weighted by atomic mass is 16.5. The molecule has 26 heavy (non-hydrogen) atoms. The second-order valence-corrected chi connectivity index (χ2v) is 5.64. The van der Waals surface area contributed by atoms with Gasteiger partial charge >= 0.3 is 0 Å². The van der Waals surface area contributed by atoms with Crippen molar-refractivity contribution in [1.82, 2.24) is 4.98 Å². The van der Waals surface area contributed by atoms with Crippen LogP contribution >= 0.6 is 0 Å². The number of aromatic nitrogens is 1. The van der Waals surface area contributed by atoms with E-state index in [0.717, 1.165) is 22.4 Å². The van der Waals surface area contributed by atoms with Crippen LogP contribution in [0.3, 0.4) is 0 Å². The summed E-state index contributed by atoms with van der Waals surface area (Å²) < 4.78 is 16.0. The van der Waals surface area contributed by atoms with Gasteiger partial charge in [-0.3, -0.25) is 0 Å². The van der Waals surface area contributed by atoms with Gasteiger partial charge < -0.3 is 19.2 Å². The average Bonchev–Trinajstić information content (AvgIpc) is 3.10.